The number of methoxy groups -OCH3 is 1. The van der Waals surface area contributed by atoms with E-state index in [1.807, 2.05) is 4.90 Å². The minimum atomic E-state index is -0.307. The predicted octanol–water partition coefficient (Wildman–Crippen LogP) is 2.88. The van der Waals surface area contributed by atoms with Gasteiger partial charge in [-0.15, -0.1) is 0 Å². The van der Waals surface area contributed by atoms with Gasteiger partial charge in [0.25, 0.3) is 0 Å². The molecule has 0 radical (unpaired) electrons. The van der Waals surface area contributed by atoms with Crippen molar-refractivity contribution in [2.24, 2.45) is 5.92 Å². The number of allylic oxidation sites excluding steroid dienone is 1. The lowest BCUT2D eigenvalue weighted by atomic mass is 9.68. The van der Waals surface area contributed by atoms with E-state index in [4.69, 9.17) is 18.9 Å². The molecule has 4 aliphatic rings. The van der Waals surface area contributed by atoms with E-state index in [1.165, 1.54) is 5.57 Å². The first-order valence-electron chi connectivity index (χ1n) is 11.5. The lowest BCUT2D eigenvalue weighted by Gasteiger charge is -2.45. The van der Waals surface area contributed by atoms with Crippen LogP contribution in [-0.2, 0) is 18.9 Å². The third kappa shape index (κ3) is 4.01. The van der Waals surface area contributed by atoms with Gasteiger partial charge in [-0.2, -0.15) is 0 Å². The number of amides is 1. The molecular formula is C23H38N2O5. The fourth-order valence-corrected chi connectivity index (χ4v) is 5.47. The maximum Gasteiger partial charge on any atom is 0.410 e. The zero-order valence-corrected chi connectivity index (χ0v) is 19.1. The average Bonchev–Trinajstić information content (AvgIpc) is 3.58. The van der Waals surface area contributed by atoms with Crippen LogP contribution in [0.2, 0.25) is 0 Å². The molecule has 7 heteroatoms. The summed E-state index contributed by atoms with van der Waals surface area (Å²) in [6.07, 6.45) is 5.24. The summed E-state index contributed by atoms with van der Waals surface area (Å²) < 4.78 is 24.2. The SMILES string of the molecule is CCNC[C@H]1CCN1C(=O)O[C@@H]1CC[C@]2(CO2)C([C@@]2(C)O[C@@H]2CC=C(C)C)[C@@H]1OC. The Morgan fingerprint density at radius 1 is 1.33 bits per heavy atom. The molecule has 1 N–H and O–H groups in total. The third-order valence-corrected chi connectivity index (χ3v) is 7.50. The second-order valence-electron chi connectivity index (χ2n) is 9.74. The first-order chi connectivity index (χ1) is 14.3. The number of ether oxygens (including phenoxy) is 4. The number of likely N-dealkylation sites (tertiary alicyclic amines) is 1. The average molecular weight is 423 g/mol. The molecule has 1 amide bonds. The molecule has 0 aromatic carbocycles. The molecule has 1 spiro atoms. The monoisotopic (exact) mass is 422 g/mol. The van der Waals surface area contributed by atoms with Crippen LogP contribution in [0.25, 0.3) is 0 Å². The van der Waals surface area contributed by atoms with E-state index < -0.39 is 0 Å². The summed E-state index contributed by atoms with van der Waals surface area (Å²) in [7, 11) is 1.72. The normalized spacial score (nSPS) is 41.9. The van der Waals surface area contributed by atoms with Gasteiger partial charge in [-0.3, -0.25) is 0 Å². The predicted molar refractivity (Wildman–Crippen MR) is 113 cm³/mol. The Balaban J connectivity index is 1.43. The van der Waals surface area contributed by atoms with E-state index in [9.17, 15) is 4.79 Å². The second kappa shape index (κ2) is 8.41. The minimum absolute atomic E-state index is 0.0612. The summed E-state index contributed by atoms with van der Waals surface area (Å²) in [6, 6.07) is 0.230. The van der Waals surface area contributed by atoms with Gasteiger partial charge in [0.2, 0.25) is 0 Å². The van der Waals surface area contributed by atoms with Crippen molar-refractivity contribution in [2.75, 3.05) is 33.4 Å². The van der Waals surface area contributed by atoms with Crippen LogP contribution < -0.4 is 5.32 Å². The molecule has 7 nitrogen and oxygen atoms in total. The Morgan fingerprint density at radius 3 is 2.67 bits per heavy atom. The summed E-state index contributed by atoms with van der Waals surface area (Å²) in [5, 5.41) is 3.33. The molecule has 0 aromatic heterocycles. The Bertz CT molecular complexity index is 675. The van der Waals surface area contributed by atoms with Crippen LogP contribution in [0.5, 0.6) is 0 Å². The van der Waals surface area contributed by atoms with Gasteiger partial charge < -0.3 is 29.2 Å². The Labute approximate surface area is 180 Å². The van der Waals surface area contributed by atoms with Gasteiger partial charge in [-0.25, -0.2) is 4.79 Å². The number of epoxide rings is 2. The molecule has 4 fully saturated rings. The smallest absolute Gasteiger partial charge is 0.410 e. The van der Waals surface area contributed by atoms with Gasteiger partial charge in [-0.05, 0) is 53.0 Å². The number of hydrogen-bond acceptors (Lipinski definition) is 6. The number of carbonyl (C=O) groups is 1. The highest BCUT2D eigenvalue weighted by Crippen LogP contribution is 2.59. The van der Waals surface area contributed by atoms with Crippen molar-refractivity contribution < 1.29 is 23.7 Å². The first kappa shape index (κ1) is 22.1. The van der Waals surface area contributed by atoms with E-state index in [0.717, 1.165) is 51.9 Å². The van der Waals surface area contributed by atoms with Crippen molar-refractivity contribution in [2.45, 2.75) is 88.9 Å². The number of nitrogens with one attached hydrogen (secondary N) is 1. The molecule has 0 aromatic rings. The highest BCUT2D eigenvalue weighted by atomic mass is 16.6. The van der Waals surface area contributed by atoms with Crippen LogP contribution in [0.15, 0.2) is 11.6 Å². The minimum Gasteiger partial charge on any atom is -0.443 e. The molecule has 3 saturated heterocycles. The van der Waals surface area contributed by atoms with Gasteiger partial charge in [0, 0.05) is 26.2 Å². The van der Waals surface area contributed by atoms with Crippen LogP contribution >= 0.6 is 0 Å². The molecule has 4 rings (SSSR count). The lowest BCUT2D eigenvalue weighted by Crippen LogP contribution is -2.59. The van der Waals surface area contributed by atoms with E-state index in [0.29, 0.717) is 0 Å². The summed E-state index contributed by atoms with van der Waals surface area (Å²) in [5.74, 6) is 0.0612. The van der Waals surface area contributed by atoms with Crippen molar-refractivity contribution in [1.82, 2.24) is 10.2 Å². The van der Waals surface area contributed by atoms with Gasteiger partial charge in [0.1, 0.15) is 23.4 Å². The fourth-order valence-electron chi connectivity index (χ4n) is 5.47. The quantitative estimate of drug-likeness (QED) is 0.479. The molecular weight excluding hydrogens is 384 g/mol. The Hall–Kier alpha value is -1.15. The summed E-state index contributed by atoms with van der Waals surface area (Å²) in [4.78, 5) is 14.7. The third-order valence-electron chi connectivity index (χ3n) is 7.50. The number of rotatable bonds is 8. The van der Waals surface area contributed by atoms with E-state index in [-0.39, 0.29) is 47.6 Å². The van der Waals surface area contributed by atoms with Crippen LogP contribution in [-0.4, -0.2) is 79.9 Å². The van der Waals surface area contributed by atoms with E-state index >= 15 is 0 Å². The second-order valence-corrected chi connectivity index (χ2v) is 9.74. The van der Waals surface area contributed by atoms with Crippen molar-refractivity contribution in [3.63, 3.8) is 0 Å². The number of hydrogen-bond donors (Lipinski definition) is 1. The molecule has 170 valence electrons. The van der Waals surface area contributed by atoms with Gasteiger partial charge in [0.05, 0.1) is 18.6 Å². The largest absolute Gasteiger partial charge is 0.443 e. The standard InChI is InChI=1S/C23H38N2O5/c1-6-24-13-16-10-12-25(16)21(26)29-17-9-11-23(14-28-23)20(19(17)27-5)22(4)18(30-22)8-7-15(2)3/h7,16-20,24H,6,8-14H2,1-5H3/t16-,17-,18-,19-,20?,22+,23+/m1/s1. The van der Waals surface area contributed by atoms with Crippen molar-refractivity contribution in [1.29, 1.82) is 0 Å². The Morgan fingerprint density at radius 2 is 2.10 bits per heavy atom. The van der Waals surface area contributed by atoms with Gasteiger partial charge >= 0.3 is 6.09 Å². The topological polar surface area (TPSA) is 75.9 Å². The molecule has 7 atom stereocenters. The molecule has 3 aliphatic heterocycles. The van der Waals surface area contributed by atoms with Crippen LogP contribution in [0.1, 0.15) is 53.4 Å². The number of likely N-dealkylation sites (N-methyl/N-ethyl adjacent to an activating group) is 1. The first-order valence-corrected chi connectivity index (χ1v) is 11.5. The zero-order valence-electron chi connectivity index (χ0n) is 19.1. The van der Waals surface area contributed by atoms with E-state index in [2.05, 4.69) is 39.1 Å². The zero-order chi connectivity index (χ0) is 21.5. The summed E-state index contributed by atoms with van der Waals surface area (Å²) in [6.45, 7) is 11.7. The molecule has 30 heavy (non-hydrogen) atoms. The summed E-state index contributed by atoms with van der Waals surface area (Å²) in [5.41, 5.74) is 0.798. The molecule has 3 heterocycles. The molecule has 1 unspecified atom stereocenters. The highest BCUT2D eigenvalue weighted by molar-refractivity contribution is 5.69. The lowest BCUT2D eigenvalue weighted by molar-refractivity contribution is -0.125. The van der Waals surface area contributed by atoms with Gasteiger partial charge in [-0.1, -0.05) is 18.6 Å². The van der Waals surface area contributed by atoms with Crippen molar-refractivity contribution in [3.8, 4) is 0 Å². The van der Waals surface area contributed by atoms with Crippen molar-refractivity contribution in [3.05, 3.63) is 11.6 Å². The maximum atomic E-state index is 12.9. The molecule has 1 aliphatic carbocycles. The van der Waals surface area contributed by atoms with Crippen LogP contribution in [0.4, 0.5) is 4.79 Å². The molecule has 1 saturated carbocycles. The van der Waals surface area contributed by atoms with E-state index in [1.54, 1.807) is 7.11 Å². The van der Waals surface area contributed by atoms with Gasteiger partial charge in [0.15, 0.2) is 0 Å². The van der Waals surface area contributed by atoms with Crippen molar-refractivity contribution >= 4 is 6.09 Å². The highest BCUT2D eigenvalue weighted by Gasteiger charge is 2.72. The van der Waals surface area contributed by atoms with Crippen LogP contribution in [0, 0.1) is 5.92 Å². The summed E-state index contributed by atoms with van der Waals surface area (Å²) >= 11 is 0. The number of nitrogens with zero attached hydrogens (tertiary/aromatic N) is 1. The number of carbonyl (C=O) groups excluding carboxylic acids is 1. The maximum absolute atomic E-state index is 12.9. The fraction of sp³-hybridized carbons (Fsp3) is 0.870. The molecule has 0 bridgehead atoms. The van der Waals surface area contributed by atoms with Crippen LogP contribution in [0.3, 0.4) is 0 Å². The Kier molecular flexibility index (Phi) is 6.19.